The predicted octanol–water partition coefficient (Wildman–Crippen LogP) is 2.35. The molecule has 2 rings (SSSR count). The van der Waals surface area contributed by atoms with E-state index in [2.05, 4.69) is 29.5 Å². The van der Waals surface area contributed by atoms with Crippen molar-refractivity contribution >= 4 is 17.0 Å². The third kappa shape index (κ3) is 2.98. The Bertz CT molecular complexity index is 574. The third-order valence-electron chi connectivity index (χ3n) is 2.62. The van der Waals surface area contributed by atoms with Crippen molar-refractivity contribution in [1.29, 1.82) is 0 Å². The number of nitrogens with one attached hydrogen (secondary N) is 1. The van der Waals surface area contributed by atoms with Gasteiger partial charge in [0.15, 0.2) is 0 Å². The summed E-state index contributed by atoms with van der Waals surface area (Å²) in [5, 5.41) is 7.25. The number of aromatic nitrogens is 2. The topological polar surface area (TPSA) is 46.9 Å². The van der Waals surface area contributed by atoms with E-state index >= 15 is 0 Å². The quantitative estimate of drug-likeness (QED) is 0.900. The molecule has 0 aromatic carbocycles. The second kappa shape index (κ2) is 5.82. The average molecular weight is 263 g/mol. The Hall–Kier alpha value is -1.62. The van der Waals surface area contributed by atoms with Gasteiger partial charge in [0.2, 0.25) is 0 Å². The summed E-state index contributed by atoms with van der Waals surface area (Å²) < 4.78 is 1.49. The number of hydrogen-bond acceptors (Lipinski definition) is 4. The highest BCUT2D eigenvalue weighted by atomic mass is 32.1. The van der Waals surface area contributed by atoms with Crippen molar-refractivity contribution in [2.75, 3.05) is 11.9 Å². The van der Waals surface area contributed by atoms with E-state index in [1.807, 2.05) is 6.92 Å². The molecule has 0 saturated carbocycles. The van der Waals surface area contributed by atoms with E-state index in [4.69, 9.17) is 0 Å². The molecule has 2 aromatic rings. The molecule has 0 atom stereocenters. The minimum atomic E-state index is -0.0695. The van der Waals surface area contributed by atoms with Gasteiger partial charge in [-0.15, -0.1) is 11.3 Å². The average Bonchev–Trinajstić information content (AvgIpc) is 2.81. The molecule has 1 N–H and O–H groups in total. The number of aryl methyl sites for hydroxylation is 1. The maximum absolute atomic E-state index is 11.9. The molecule has 2 heterocycles. The second-order valence-electron chi connectivity index (χ2n) is 3.99. The van der Waals surface area contributed by atoms with Crippen molar-refractivity contribution in [3.8, 4) is 0 Å². The number of anilines is 1. The van der Waals surface area contributed by atoms with Crippen LogP contribution in [0.3, 0.4) is 0 Å². The second-order valence-corrected chi connectivity index (χ2v) is 5.24. The Kier molecular flexibility index (Phi) is 4.15. The monoisotopic (exact) mass is 263 g/mol. The minimum Gasteiger partial charge on any atom is -0.384 e. The van der Waals surface area contributed by atoms with Gasteiger partial charge in [-0.1, -0.05) is 6.92 Å². The predicted molar refractivity (Wildman–Crippen MR) is 75.5 cm³/mol. The van der Waals surface area contributed by atoms with Crippen LogP contribution in [0, 0.1) is 0 Å². The molecule has 4 nitrogen and oxygen atoms in total. The van der Waals surface area contributed by atoms with E-state index < -0.39 is 0 Å². The maximum atomic E-state index is 11.9. The molecule has 5 heteroatoms. The smallest absolute Gasteiger partial charge is 0.269 e. The molecule has 0 radical (unpaired) electrons. The zero-order valence-electron chi connectivity index (χ0n) is 10.6. The van der Waals surface area contributed by atoms with E-state index in [-0.39, 0.29) is 5.56 Å². The molecule has 0 aliphatic heterocycles. The molecule has 0 amide bonds. The van der Waals surface area contributed by atoms with Gasteiger partial charge in [-0.3, -0.25) is 4.79 Å². The van der Waals surface area contributed by atoms with E-state index in [0.717, 1.165) is 23.5 Å². The standard InChI is InChI=1S/C13H17N3OS/c1-3-11-5-6-12(18-11)9-16-13(17)7-10(8-15-16)14-4-2/h5-8,14H,3-4,9H2,1-2H3. The molecule has 0 unspecified atom stereocenters. The van der Waals surface area contributed by atoms with E-state index in [9.17, 15) is 4.79 Å². The summed E-state index contributed by atoms with van der Waals surface area (Å²) in [7, 11) is 0. The van der Waals surface area contributed by atoms with Crippen molar-refractivity contribution in [3.63, 3.8) is 0 Å². The number of rotatable bonds is 5. The van der Waals surface area contributed by atoms with E-state index in [1.54, 1.807) is 23.6 Å². The van der Waals surface area contributed by atoms with Gasteiger partial charge in [-0.2, -0.15) is 5.10 Å². The highest BCUT2D eigenvalue weighted by Gasteiger charge is 2.03. The van der Waals surface area contributed by atoms with Crippen LogP contribution in [0.4, 0.5) is 5.69 Å². The number of nitrogens with zero attached hydrogens (tertiary/aromatic N) is 2. The SMILES string of the molecule is CCNc1cnn(Cc2ccc(CC)s2)c(=O)c1. The minimum absolute atomic E-state index is 0.0695. The first-order valence-electron chi connectivity index (χ1n) is 6.11. The number of hydrogen-bond donors (Lipinski definition) is 1. The fraction of sp³-hybridized carbons (Fsp3) is 0.385. The van der Waals surface area contributed by atoms with E-state index in [1.165, 1.54) is 9.56 Å². The fourth-order valence-corrected chi connectivity index (χ4v) is 2.64. The molecule has 0 aliphatic carbocycles. The van der Waals surface area contributed by atoms with Crippen LogP contribution >= 0.6 is 11.3 Å². The van der Waals surface area contributed by atoms with Gasteiger partial charge in [0.25, 0.3) is 5.56 Å². The van der Waals surface area contributed by atoms with Crippen LogP contribution in [0.2, 0.25) is 0 Å². The Balaban J connectivity index is 2.16. The van der Waals surface area contributed by atoms with Crippen LogP contribution in [0.25, 0.3) is 0 Å². The molecule has 0 bridgehead atoms. The molecular weight excluding hydrogens is 246 g/mol. The summed E-state index contributed by atoms with van der Waals surface area (Å²) in [6.07, 6.45) is 2.73. The lowest BCUT2D eigenvalue weighted by molar-refractivity contribution is 0.646. The first kappa shape index (κ1) is 12.8. The van der Waals surface area contributed by atoms with Crippen molar-refractivity contribution in [3.05, 3.63) is 44.5 Å². The van der Waals surface area contributed by atoms with Gasteiger partial charge in [0, 0.05) is 22.4 Å². The summed E-state index contributed by atoms with van der Waals surface area (Å²) in [5.74, 6) is 0. The number of thiophene rings is 1. The lowest BCUT2D eigenvalue weighted by atomic mass is 10.3. The molecule has 0 saturated heterocycles. The molecule has 0 spiro atoms. The Morgan fingerprint density at radius 2 is 2.11 bits per heavy atom. The van der Waals surface area contributed by atoms with Crippen molar-refractivity contribution in [2.24, 2.45) is 0 Å². The summed E-state index contributed by atoms with van der Waals surface area (Å²) in [6.45, 7) is 5.46. The summed E-state index contributed by atoms with van der Waals surface area (Å²) >= 11 is 1.74. The van der Waals surface area contributed by atoms with Crippen LogP contribution in [-0.4, -0.2) is 16.3 Å². The molecule has 0 aliphatic rings. The van der Waals surface area contributed by atoms with E-state index in [0.29, 0.717) is 6.54 Å². The van der Waals surface area contributed by atoms with Gasteiger partial charge in [0.05, 0.1) is 18.4 Å². The van der Waals surface area contributed by atoms with Crippen LogP contribution in [0.15, 0.2) is 29.2 Å². The first-order chi connectivity index (χ1) is 8.72. The highest BCUT2D eigenvalue weighted by Crippen LogP contribution is 2.17. The van der Waals surface area contributed by atoms with Crippen LogP contribution in [0.1, 0.15) is 23.6 Å². The van der Waals surface area contributed by atoms with Gasteiger partial charge in [0.1, 0.15) is 0 Å². The fourth-order valence-electron chi connectivity index (χ4n) is 1.70. The molecular formula is C13H17N3OS. The molecule has 18 heavy (non-hydrogen) atoms. The highest BCUT2D eigenvalue weighted by molar-refractivity contribution is 7.11. The first-order valence-corrected chi connectivity index (χ1v) is 6.93. The van der Waals surface area contributed by atoms with Gasteiger partial charge in [-0.05, 0) is 25.5 Å². The van der Waals surface area contributed by atoms with Crippen LogP contribution in [0.5, 0.6) is 0 Å². The zero-order valence-corrected chi connectivity index (χ0v) is 11.5. The van der Waals surface area contributed by atoms with Crippen LogP contribution in [-0.2, 0) is 13.0 Å². The van der Waals surface area contributed by atoms with Gasteiger partial charge >= 0.3 is 0 Å². The summed E-state index contributed by atoms with van der Waals surface area (Å²) in [6, 6.07) is 5.76. The van der Waals surface area contributed by atoms with Gasteiger partial charge in [-0.25, -0.2) is 4.68 Å². The molecule has 96 valence electrons. The Morgan fingerprint density at radius 3 is 2.72 bits per heavy atom. The Morgan fingerprint density at radius 1 is 1.33 bits per heavy atom. The Labute approximate surface area is 110 Å². The molecule has 0 fully saturated rings. The molecule has 2 aromatic heterocycles. The lowest BCUT2D eigenvalue weighted by Crippen LogP contribution is -2.22. The van der Waals surface area contributed by atoms with Crippen molar-refractivity contribution in [1.82, 2.24) is 9.78 Å². The maximum Gasteiger partial charge on any atom is 0.269 e. The van der Waals surface area contributed by atoms with Crippen LogP contribution < -0.4 is 10.9 Å². The summed E-state index contributed by atoms with van der Waals surface area (Å²) in [4.78, 5) is 14.4. The van der Waals surface area contributed by atoms with Crippen molar-refractivity contribution in [2.45, 2.75) is 26.8 Å². The largest absolute Gasteiger partial charge is 0.384 e. The summed E-state index contributed by atoms with van der Waals surface area (Å²) in [5.41, 5.74) is 0.707. The van der Waals surface area contributed by atoms with Gasteiger partial charge < -0.3 is 5.32 Å². The normalized spacial score (nSPS) is 10.6. The lowest BCUT2D eigenvalue weighted by Gasteiger charge is -2.05. The third-order valence-corrected chi connectivity index (χ3v) is 3.84. The van der Waals surface area contributed by atoms with Crippen molar-refractivity contribution < 1.29 is 0 Å². The zero-order chi connectivity index (χ0) is 13.0.